The SMILES string of the molecule is COc1ccccc1CCN(C)C(=O)CCc1nn2c(C)nnc2s1. The number of rotatable bonds is 7. The van der Waals surface area contributed by atoms with Crippen LogP contribution in [0.5, 0.6) is 5.75 Å². The van der Waals surface area contributed by atoms with Crippen LogP contribution in [0.2, 0.25) is 0 Å². The molecule has 1 amide bonds. The van der Waals surface area contributed by atoms with Crippen LogP contribution in [-0.2, 0) is 17.6 Å². The molecular weight excluding hydrogens is 338 g/mol. The summed E-state index contributed by atoms with van der Waals surface area (Å²) in [6.45, 7) is 2.52. The molecule has 0 saturated carbocycles. The first-order valence-electron chi connectivity index (χ1n) is 8.12. The summed E-state index contributed by atoms with van der Waals surface area (Å²) in [6.07, 6.45) is 1.82. The largest absolute Gasteiger partial charge is 0.496 e. The van der Waals surface area contributed by atoms with E-state index >= 15 is 0 Å². The second kappa shape index (κ2) is 7.60. The molecule has 1 aromatic carbocycles. The minimum absolute atomic E-state index is 0.109. The van der Waals surface area contributed by atoms with E-state index in [2.05, 4.69) is 15.3 Å². The number of fused-ring (bicyclic) bond motifs is 1. The zero-order valence-corrected chi connectivity index (χ0v) is 15.4. The Labute approximate surface area is 150 Å². The fourth-order valence-electron chi connectivity index (χ4n) is 2.58. The number of likely N-dealkylation sites (N-methyl/N-ethyl adjacent to an activating group) is 1. The van der Waals surface area contributed by atoms with Crippen molar-refractivity contribution in [3.05, 3.63) is 40.7 Å². The summed E-state index contributed by atoms with van der Waals surface area (Å²) < 4.78 is 7.07. The van der Waals surface area contributed by atoms with Crippen LogP contribution in [0.25, 0.3) is 4.96 Å². The van der Waals surface area contributed by atoms with Gasteiger partial charge in [0.1, 0.15) is 10.8 Å². The van der Waals surface area contributed by atoms with Gasteiger partial charge in [-0.25, -0.2) is 0 Å². The maximum Gasteiger partial charge on any atom is 0.234 e. The van der Waals surface area contributed by atoms with Crippen molar-refractivity contribution in [2.45, 2.75) is 26.2 Å². The second-order valence-corrected chi connectivity index (χ2v) is 6.86. The molecule has 3 rings (SSSR count). The highest BCUT2D eigenvalue weighted by Gasteiger charge is 2.13. The molecular formula is C17H21N5O2S. The zero-order chi connectivity index (χ0) is 17.8. The number of carbonyl (C=O) groups is 1. The maximum absolute atomic E-state index is 12.3. The van der Waals surface area contributed by atoms with Gasteiger partial charge in [-0.05, 0) is 25.0 Å². The molecule has 0 aliphatic heterocycles. The normalized spacial score (nSPS) is 11.0. The van der Waals surface area contributed by atoms with E-state index in [1.165, 1.54) is 11.3 Å². The summed E-state index contributed by atoms with van der Waals surface area (Å²) in [5.41, 5.74) is 1.11. The van der Waals surface area contributed by atoms with Crippen molar-refractivity contribution in [1.82, 2.24) is 24.7 Å². The molecule has 0 N–H and O–H groups in total. The van der Waals surface area contributed by atoms with E-state index in [1.807, 2.05) is 38.2 Å². The van der Waals surface area contributed by atoms with Gasteiger partial charge in [0.05, 0.1) is 7.11 Å². The highest BCUT2D eigenvalue weighted by Crippen LogP contribution is 2.18. The molecule has 0 aliphatic carbocycles. The quantitative estimate of drug-likeness (QED) is 0.646. The Balaban J connectivity index is 1.52. The van der Waals surface area contributed by atoms with Gasteiger partial charge in [-0.1, -0.05) is 29.5 Å². The summed E-state index contributed by atoms with van der Waals surface area (Å²) in [5.74, 6) is 1.73. The number of nitrogens with zero attached hydrogens (tertiary/aromatic N) is 5. The predicted octanol–water partition coefficient (Wildman–Crippen LogP) is 2.14. The van der Waals surface area contributed by atoms with Crippen molar-refractivity contribution in [3.63, 3.8) is 0 Å². The number of aromatic nitrogens is 4. The van der Waals surface area contributed by atoms with Crippen molar-refractivity contribution >= 4 is 22.2 Å². The number of amides is 1. The fourth-order valence-corrected chi connectivity index (χ4v) is 3.46. The van der Waals surface area contributed by atoms with Gasteiger partial charge in [-0.2, -0.15) is 9.61 Å². The van der Waals surface area contributed by atoms with Crippen LogP contribution in [0.4, 0.5) is 0 Å². The fraction of sp³-hybridized carbons (Fsp3) is 0.412. The van der Waals surface area contributed by atoms with Crippen molar-refractivity contribution in [3.8, 4) is 5.75 Å². The van der Waals surface area contributed by atoms with Gasteiger partial charge in [0.15, 0.2) is 5.82 Å². The third-order valence-corrected chi connectivity index (χ3v) is 5.03. The van der Waals surface area contributed by atoms with E-state index in [1.54, 1.807) is 16.5 Å². The van der Waals surface area contributed by atoms with Crippen LogP contribution in [0.1, 0.15) is 22.8 Å². The Morgan fingerprint density at radius 2 is 2.08 bits per heavy atom. The van der Waals surface area contributed by atoms with Gasteiger partial charge < -0.3 is 9.64 Å². The number of methoxy groups -OCH3 is 1. The summed E-state index contributed by atoms with van der Waals surface area (Å²) in [7, 11) is 3.50. The van der Waals surface area contributed by atoms with Gasteiger partial charge in [-0.3, -0.25) is 4.79 Å². The summed E-state index contributed by atoms with van der Waals surface area (Å²) in [4.78, 5) is 14.9. The first kappa shape index (κ1) is 17.3. The minimum atomic E-state index is 0.109. The third-order valence-electron chi connectivity index (χ3n) is 4.08. The van der Waals surface area contributed by atoms with Crippen LogP contribution >= 0.6 is 11.3 Å². The van der Waals surface area contributed by atoms with Crippen LogP contribution < -0.4 is 4.74 Å². The standard InChI is InChI=1S/C17H21N5O2S/c1-12-18-19-17-22(12)20-15(25-17)8-9-16(23)21(2)11-10-13-6-4-5-7-14(13)24-3/h4-7H,8-11H2,1-3H3. The van der Waals surface area contributed by atoms with Crippen molar-refractivity contribution in [2.24, 2.45) is 0 Å². The van der Waals surface area contributed by atoms with E-state index in [-0.39, 0.29) is 5.91 Å². The lowest BCUT2D eigenvalue weighted by Gasteiger charge is -2.17. The molecule has 3 aromatic rings. The van der Waals surface area contributed by atoms with Gasteiger partial charge in [0, 0.05) is 26.4 Å². The highest BCUT2D eigenvalue weighted by atomic mass is 32.1. The minimum Gasteiger partial charge on any atom is -0.496 e. The monoisotopic (exact) mass is 359 g/mol. The van der Waals surface area contributed by atoms with Gasteiger partial charge in [0.2, 0.25) is 10.9 Å². The molecule has 0 fully saturated rings. The molecule has 25 heavy (non-hydrogen) atoms. The van der Waals surface area contributed by atoms with Crippen LogP contribution in [0, 0.1) is 6.92 Å². The molecule has 0 atom stereocenters. The highest BCUT2D eigenvalue weighted by molar-refractivity contribution is 7.16. The number of carbonyl (C=O) groups excluding carboxylic acids is 1. The lowest BCUT2D eigenvalue weighted by molar-refractivity contribution is -0.129. The number of benzene rings is 1. The van der Waals surface area contributed by atoms with Crippen LogP contribution in [-0.4, -0.2) is 51.3 Å². The number of ether oxygens (including phenoxy) is 1. The Kier molecular flexibility index (Phi) is 5.28. The van der Waals surface area contributed by atoms with Gasteiger partial charge in [-0.15, -0.1) is 10.2 Å². The lowest BCUT2D eigenvalue weighted by atomic mass is 10.1. The molecule has 7 nitrogen and oxygen atoms in total. The lowest BCUT2D eigenvalue weighted by Crippen LogP contribution is -2.29. The first-order chi connectivity index (χ1) is 12.1. The van der Waals surface area contributed by atoms with Gasteiger partial charge >= 0.3 is 0 Å². The molecule has 132 valence electrons. The van der Waals surface area contributed by atoms with Crippen molar-refractivity contribution in [2.75, 3.05) is 20.7 Å². The van der Waals surface area contributed by atoms with E-state index < -0.39 is 0 Å². The third kappa shape index (κ3) is 3.96. The Hall–Kier alpha value is -2.48. The summed E-state index contributed by atoms with van der Waals surface area (Å²) in [6, 6.07) is 7.89. The molecule has 8 heteroatoms. The average Bonchev–Trinajstić information content (AvgIpc) is 3.19. The van der Waals surface area contributed by atoms with Gasteiger partial charge in [0.25, 0.3) is 0 Å². The molecule has 0 bridgehead atoms. The topological polar surface area (TPSA) is 72.6 Å². The smallest absolute Gasteiger partial charge is 0.234 e. The van der Waals surface area contributed by atoms with E-state index in [0.29, 0.717) is 19.4 Å². The molecule has 2 heterocycles. The molecule has 0 saturated heterocycles. The Bertz CT molecular complexity index is 873. The Morgan fingerprint density at radius 3 is 2.84 bits per heavy atom. The number of hydrogen-bond donors (Lipinski definition) is 0. The van der Waals surface area contributed by atoms with E-state index in [9.17, 15) is 4.79 Å². The number of aryl methyl sites for hydroxylation is 2. The van der Waals surface area contributed by atoms with Crippen molar-refractivity contribution < 1.29 is 9.53 Å². The first-order valence-corrected chi connectivity index (χ1v) is 8.93. The molecule has 0 spiro atoms. The van der Waals surface area contributed by atoms with Crippen LogP contribution in [0.3, 0.4) is 0 Å². The maximum atomic E-state index is 12.3. The summed E-state index contributed by atoms with van der Waals surface area (Å²) in [5, 5.41) is 13.4. The van der Waals surface area contributed by atoms with Crippen molar-refractivity contribution in [1.29, 1.82) is 0 Å². The molecule has 0 aliphatic rings. The second-order valence-electron chi connectivity index (χ2n) is 5.81. The predicted molar refractivity (Wildman–Crippen MR) is 96.1 cm³/mol. The number of para-hydroxylation sites is 1. The zero-order valence-electron chi connectivity index (χ0n) is 14.6. The molecule has 2 aromatic heterocycles. The van der Waals surface area contributed by atoms with Crippen LogP contribution in [0.15, 0.2) is 24.3 Å². The average molecular weight is 359 g/mol. The number of hydrogen-bond acceptors (Lipinski definition) is 6. The molecule has 0 unspecified atom stereocenters. The van der Waals surface area contributed by atoms with E-state index in [0.717, 1.165) is 33.5 Å². The van der Waals surface area contributed by atoms with E-state index in [4.69, 9.17) is 4.74 Å². The Morgan fingerprint density at radius 1 is 1.28 bits per heavy atom. The summed E-state index contributed by atoms with van der Waals surface area (Å²) >= 11 is 1.48. The molecule has 0 radical (unpaired) electrons.